The van der Waals surface area contributed by atoms with Gasteiger partial charge in [-0.15, -0.1) is 0 Å². The molecule has 7 rings (SSSR count). The van der Waals surface area contributed by atoms with Crippen molar-refractivity contribution in [3.05, 3.63) is 167 Å². The van der Waals surface area contributed by atoms with Crippen molar-refractivity contribution < 1.29 is 19.1 Å². The molecule has 1 aromatic heterocycles. The Morgan fingerprint density at radius 2 is 1.46 bits per heavy atom. The van der Waals surface area contributed by atoms with Crippen LogP contribution in [-0.2, 0) is 19.6 Å². The minimum atomic E-state index is -0.243. The van der Waals surface area contributed by atoms with Crippen molar-refractivity contribution in [1.82, 2.24) is 15.0 Å². The number of hydrogen-bond acceptors (Lipinski definition) is 7. The predicted octanol–water partition coefficient (Wildman–Crippen LogP) is 5.52. The number of para-hydroxylation sites is 1. The summed E-state index contributed by atoms with van der Waals surface area (Å²) in [4.78, 5) is 28.2. The molecule has 2 N–H and O–H groups in total. The molecular formula is C39H32N4O4Se. The summed E-state index contributed by atoms with van der Waals surface area (Å²) in [5.74, 6) is 0.414. The van der Waals surface area contributed by atoms with Crippen LogP contribution in [0.1, 0.15) is 48.7 Å². The van der Waals surface area contributed by atoms with Gasteiger partial charge in [0.15, 0.2) is 0 Å². The molecule has 48 heavy (non-hydrogen) atoms. The average Bonchev–Trinajstić information content (AvgIpc) is 3.81. The number of rotatable bonds is 12. The van der Waals surface area contributed by atoms with E-state index in [2.05, 4.69) is 22.4 Å². The first-order chi connectivity index (χ1) is 23.6. The van der Waals surface area contributed by atoms with Crippen molar-refractivity contribution in [2.75, 3.05) is 0 Å². The van der Waals surface area contributed by atoms with Crippen LogP contribution < -0.4 is 19.7 Å². The van der Waals surface area contributed by atoms with Gasteiger partial charge in [0, 0.05) is 6.54 Å². The van der Waals surface area contributed by atoms with E-state index in [0.29, 0.717) is 58.0 Å². The molecule has 0 fully saturated rings. The zero-order valence-corrected chi connectivity index (χ0v) is 27.7. The van der Waals surface area contributed by atoms with Crippen LogP contribution >= 0.6 is 0 Å². The van der Waals surface area contributed by atoms with E-state index >= 15 is 0 Å². The van der Waals surface area contributed by atoms with E-state index in [9.17, 15) is 9.59 Å². The number of benzene rings is 5. The fourth-order valence-corrected chi connectivity index (χ4v) is 7.70. The third-order valence-electron chi connectivity index (χ3n) is 8.15. The molecule has 6 aromatic rings. The van der Waals surface area contributed by atoms with E-state index in [0.717, 1.165) is 16.6 Å². The molecule has 9 heteroatoms. The van der Waals surface area contributed by atoms with Crippen LogP contribution in [0.3, 0.4) is 0 Å². The SMILES string of the molecule is NCc1ccccc1-n1cc(COc2c(C(=O)c3ccccc3)cc(C(=O)c3ccccc3)c3c2CC(C[Se]c2ccccc2)O3)nn1. The summed E-state index contributed by atoms with van der Waals surface area (Å²) in [6.45, 7) is 0.413. The van der Waals surface area contributed by atoms with Crippen LogP contribution in [0, 0.1) is 0 Å². The number of carbonyl (C=O) groups excluding carboxylic acids is 2. The quantitative estimate of drug-likeness (QED) is 0.132. The zero-order valence-electron chi connectivity index (χ0n) is 26.0. The van der Waals surface area contributed by atoms with Crippen LogP contribution in [0.25, 0.3) is 5.69 Å². The Morgan fingerprint density at radius 1 is 0.833 bits per heavy atom. The molecule has 8 nitrogen and oxygen atoms in total. The summed E-state index contributed by atoms with van der Waals surface area (Å²) in [6.07, 6.45) is 2.11. The fourth-order valence-electron chi connectivity index (χ4n) is 5.79. The summed E-state index contributed by atoms with van der Waals surface area (Å²) >= 11 is 0.152. The maximum absolute atomic E-state index is 14.2. The Morgan fingerprint density at radius 3 is 2.15 bits per heavy atom. The van der Waals surface area contributed by atoms with Crippen LogP contribution in [-0.4, -0.2) is 47.6 Å². The van der Waals surface area contributed by atoms with Gasteiger partial charge in [0.25, 0.3) is 0 Å². The van der Waals surface area contributed by atoms with E-state index in [1.165, 1.54) is 4.46 Å². The van der Waals surface area contributed by atoms with Crippen molar-refractivity contribution >= 4 is 31.0 Å². The molecule has 2 heterocycles. The Kier molecular flexibility index (Phi) is 9.25. The van der Waals surface area contributed by atoms with Crippen LogP contribution in [0.2, 0.25) is 5.32 Å². The van der Waals surface area contributed by atoms with Crippen molar-refractivity contribution in [1.29, 1.82) is 0 Å². The van der Waals surface area contributed by atoms with E-state index in [4.69, 9.17) is 15.2 Å². The fraction of sp³-hybridized carbons (Fsp3) is 0.128. The second kappa shape index (κ2) is 14.2. The van der Waals surface area contributed by atoms with Crippen LogP contribution in [0.4, 0.5) is 0 Å². The van der Waals surface area contributed by atoms with E-state index in [1.54, 1.807) is 41.2 Å². The van der Waals surface area contributed by atoms with Gasteiger partial charge < -0.3 is 5.73 Å². The molecule has 1 unspecified atom stereocenters. The monoisotopic (exact) mass is 700 g/mol. The molecule has 0 amide bonds. The van der Waals surface area contributed by atoms with Crippen LogP contribution in [0.15, 0.2) is 128 Å². The van der Waals surface area contributed by atoms with E-state index < -0.39 is 0 Å². The second-order valence-corrected chi connectivity index (χ2v) is 13.6. The Bertz CT molecular complexity index is 2070. The summed E-state index contributed by atoms with van der Waals surface area (Å²) in [5.41, 5.74) is 10.7. The molecule has 0 radical (unpaired) electrons. The number of nitrogens with two attached hydrogens (primary N) is 1. The molecule has 0 aliphatic carbocycles. The topological polar surface area (TPSA) is 109 Å². The van der Waals surface area contributed by atoms with Crippen molar-refractivity contribution in [2.24, 2.45) is 5.73 Å². The first-order valence-electron chi connectivity index (χ1n) is 15.6. The molecule has 0 saturated carbocycles. The molecular weight excluding hydrogens is 667 g/mol. The van der Waals surface area contributed by atoms with Crippen molar-refractivity contribution in [3.63, 3.8) is 0 Å². The van der Waals surface area contributed by atoms with Gasteiger partial charge in [0.05, 0.1) is 0 Å². The van der Waals surface area contributed by atoms with Gasteiger partial charge in [-0.05, 0) is 0 Å². The molecule has 0 bridgehead atoms. The Hall–Kier alpha value is -5.34. The number of ether oxygens (including phenoxy) is 2. The maximum atomic E-state index is 14.2. The van der Waals surface area contributed by atoms with E-state index in [1.807, 2.05) is 78.9 Å². The molecule has 0 spiro atoms. The van der Waals surface area contributed by atoms with Gasteiger partial charge in [-0.25, -0.2) is 0 Å². The van der Waals surface area contributed by atoms with Gasteiger partial charge >= 0.3 is 255 Å². The minimum absolute atomic E-state index is 0.0525. The number of nitrogens with zero attached hydrogens (tertiary/aromatic N) is 3. The zero-order chi connectivity index (χ0) is 32.9. The molecule has 1 atom stereocenters. The van der Waals surface area contributed by atoms with Crippen LogP contribution in [0.5, 0.6) is 11.5 Å². The molecule has 5 aromatic carbocycles. The number of carbonyl (C=O) groups is 2. The molecule has 1 aliphatic rings. The van der Waals surface area contributed by atoms with Gasteiger partial charge in [-0.2, -0.15) is 0 Å². The molecule has 0 saturated heterocycles. The van der Waals surface area contributed by atoms with Gasteiger partial charge in [-0.1, -0.05) is 18.2 Å². The predicted molar refractivity (Wildman–Crippen MR) is 185 cm³/mol. The van der Waals surface area contributed by atoms with Gasteiger partial charge in [0.2, 0.25) is 0 Å². The first kappa shape index (κ1) is 31.3. The molecule has 238 valence electrons. The number of ketones is 2. The third kappa shape index (κ3) is 6.57. The summed E-state index contributed by atoms with van der Waals surface area (Å²) in [7, 11) is 0. The number of hydrogen-bond donors (Lipinski definition) is 1. The normalized spacial score (nSPS) is 13.5. The Balaban J connectivity index is 1.28. The average molecular weight is 700 g/mol. The number of fused-ring (bicyclic) bond motifs is 1. The Labute approximate surface area is 284 Å². The van der Waals surface area contributed by atoms with Gasteiger partial charge in [-0.3, -0.25) is 0 Å². The first-order valence-corrected chi connectivity index (χ1v) is 17.7. The second-order valence-electron chi connectivity index (χ2n) is 11.3. The summed E-state index contributed by atoms with van der Waals surface area (Å²) in [6, 6.07) is 37.8. The summed E-state index contributed by atoms with van der Waals surface area (Å²) in [5, 5.41) is 9.46. The van der Waals surface area contributed by atoms with E-state index in [-0.39, 0.29) is 39.2 Å². The third-order valence-corrected chi connectivity index (χ3v) is 10.5. The van der Waals surface area contributed by atoms with Gasteiger partial charge in [0.1, 0.15) is 0 Å². The summed E-state index contributed by atoms with van der Waals surface area (Å²) < 4.78 is 16.0. The number of aromatic nitrogens is 3. The molecule has 1 aliphatic heterocycles. The van der Waals surface area contributed by atoms with Crippen molar-refractivity contribution in [2.45, 2.75) is 31.0 Å². The standard InChI is InChI=1S/C39H32N4O4Se/c40-22-28-16-10-11-19-35(28)43-23-29(41-42-43)24-46-38-32(36(44)26-12-4-1-5-13-26)21-33(37(45)27-14-6-2-7-15-27)39-34(38)20-30(47-39)25-48-31-17-8-3-9-18-31/h1-19,21,23,30H,20,22,24-25,40H2. The van der Waals surface area contributed by atoms with Crippen molar-refractivity contribution in [3.8, 4) is 17.2 Å².